The Morgan fingerprint density at radius 3 is 3.00 bits per heavy atom. The molecule has 3 nitrogen and oxygen atoms in total. The summed E-state index contributed by atoms with van der Waals surface area (Å²) in [7, 11) is 0. The highest BCUT2D eigenvalue weighted by Crippen LogP contribution is 2.38. The second-order valence-corrected chi connectivity index (χ2v) is 5.48. The predicted molar refractivity (Wildman–Crippen MR) is 80.5 cm³/mol. The van der Waals surface area contributed by atoms with Gasteiger partial charge in [-0.05, 0) is 49.6 Å². The van der Waals surface area contributed by atoms with E-state index in [9.17, 15) is 4.39 Å². The largest absolute Gasteiger partial charge is 0.308 e. The minimum absolute atomic E-state index is 0.0875. The van der Waals surface area contributed by atoms with Crippen LogP contribution in [0, 0.1) is 5.82 Å². The second-order valence-electron chi connectivity index (χ2n) is 5.48. The summed E-state index contributed by atoms with van der Waals surface area (Å²) < 4.78 is 13.1. The first-order chi connectivity index (χ1) is 10.3. The molecular weight excluding hydrogens is 265 g/mol. The lowest BCUT2D eigenvalue weighted by Crippen LogP contribution is -2.30. The molecule has 1 aliphatic rings. The Labute approximate surface area is 124 Å². The molecule has 2 aromatic heterocycles. The molecule has 4 heteroatoms. The summed E-state index contributed by atoms with van der Waals surface area (Å²) in [5.41, 5.74) is 3.39. The maximum absolute atomic E-state index is 13.1. The molecule has 2 unspecified atom stereocenters. The van der Waals surface area contributed by atoms with Gasteiger partial charge in [0.2, 0.25) is 0 Å². The third kappa shape index (κ3) is 2.95. The number of hydrogen-bond acceptors (Lipinski definition) is 3. The molecule has 0 bridgehead atoms. The van der Waals surface area contributed by atoms with Crippen molar-refractivity contribution in [2.75, 3.05) is 6.54 Å². The molecule has 0 saturated heterocycles. The Hall–Kier alpha value is -1.81. The smallest absolute Gasteiger partial charge is 0.141 e. The summed E-state index contributed by atoms with van der Waals surface area (Å²) in [4.78, 5) is 8.89. The molecular formula is C17H20FN3. The normalized spacial score (nSPS) is 19.0. The van der Waals surface area contributed by atoms with Crippen LogP contribution in [-0.4, -0.2) is 16.5 Å². The van der Waals surface area contributed by atoms with Crippen LogP contribution in [0.3, 0.4) is 0 Å². The van der Waals surface area contributed by atoms with E-state index >= 15 is 0 Å². The van der Waals surface area contributed by atoms with Gasteiger partial charge in [0.05, 0.1) is 17.9 Å². The monoisotopic (exact) mass is 285 g/mol. The van der Waals surface area contributed by atoms with Crippen molar-refractivity contribution >= 4 is 0 Å². The van der Waals surface area contributed by atoms with Gasteiger partial charge in [-0.2, -0.15) is 0 Å². The van der Waals surface area contributed by atoms with E-state index in [0.29, 0.717) is 5.92 Å². The highest BCUT2D eigenvalue weighted by Gasteiger charge is 2.30. The summed E-state index contributed by atoms with van der Waals surface area (Å²) in [5.74, 6) is 0.00373. The SMILES string of the molecule is CCNC(c1ccc(F)cn1)C1CCCc2cccnc21. The molecule has 0 aromatic carbocycles. The van der Waals surface area contributed by atoms with Crippen molar-refractivity contribution in [1.82, 2.24) is 15.3 Å². The van der Waals surface area contributed by atoms with Crippen molar-refractivity contribution in [3.05, 3.63) is 59.4 Å². The number of fused-ring (bicyclic) bond motifs is 1. The van der Waals surface area contributed by atoms with E-state index in [1.807, 2.05) is 12.3 Å². The Morgan fingerprint density at radius 1 is 1.33 bits per heavy atom. The zero-order valence-electron chi connectivity index (χ0n) is 12.2. The third-order valence-corrected chi connectivity index (χ3v) is 4.13. The fourth-order valence-electron chi connectivity index (χ4n) is 3.21. The topological polar surface area (TPSA) is 37.8 Å². The highest BCUT2D eigenvalue weighted by atomic mass is 19.1. The Morgan fingerprint density at radius 2 is 2.24 bits per heavy atom. The van der Waals surface area contributed by atoms with Crippen molar-refractivity contribution in [1.29, 1.82) is 0 Å². The number of nitrogens with zero attached hydrogens (tertiary/aromatic N) is 2. The number of aryl methyl sites for hydroxylation is 1. The first-order valence-corrected chi connectivity index (χ1v) is 7.58. The van der Waals surface area contributed by atoms with Gasteiger partial charge in [0, 0.05) is 17.8 Å². The van der Waals surface area contributed by atoms with Crippen molar-refractivity contribution in [3.8, 4) is 0 Å². The molecule has 0 aliphatic heterocycles. The highest BCUT2D eigenvalue weighted by molar-refractivity contribution is 5.29. The standard InChI is InChI=1S/C17H20FN3/c1-2-19-17(15-9-8-13(18)11-21-15)14-7-3-5-12-6-4-10-20-16(12)14/h4,6,8-11,14,17,19H,2-3,5,7H2,1H3. The summed E-state index contributed by atoms with van der Waals surface area (Å²) >= 11 is 0. The molecule has 0 saturated carbocycles. The zero-order valence-corrected chi connectivity index (χ0v) is 12.2. The van der Waals surface area contributed by atoms with Crippen LogP contribution in [0.15, 0.2) is 36.7 Å². The summed E-state index contributed by atoms with van der Waals surface area (Å²) in [6.07, 6.45) is 6.49. The summed E-state index contributed by atoms with van der Waals surface area (Å²) in [6, 6.07) is 7.51. The number of halogens is 1. The van der Waals surface area contributed by atoms with Gasteiger partial charge in [0.25, 0.3) is 0 Å². The van der Waals surface area contributed by atoms with Crippen LogP contribution in [-0.2, 0) is 6.42 Å². The maximum Gasteiger partial charge on any atom is 0.141 e. The molecule has 0 amide bonds. The Balaban J connectivity index is 1.96. The summed E-state index contributed by atoms with van der Waals surface area (Å²) in [5, 5.41) is 3.50. The molecule has 1 N–H and O–H groups in total. The van der Waals surface area contributed by atoms with E-state index in [-0.39, 0.29) is 11.9 Å². The van der Waals surface area contributed by atoms with Gasteiger partial charge in [-0.3, -0.25) is 9.97 Å². The first-order valence-electron chi connectivity index (χ1n) is 7.58. The van der Waals surface area contributed by atoms with E-state index in [4.69, 9.17) is 0 Å². The van der Waals surface area contributed by atoms with E-state index in [2.05, 4.69) is 28.3 Å². The van der Waals surface area contributed by atoms with Crippen LogP contribution < -0.4 is 5.32 Å². The lowest BCUT2D eigenvalue weighted by atomic mass is 9.80. The van der Waals surface area contributed by atoms with Crippen LogP contribution >= 0.6 is 0 Å². The molecule has 2 heterocycles. The van der Waals surface area contributed by atoms with Gasteiger partial charge in [0.1, 0.15) is 5.82 Å². The van der Waals surface area contributed by atoms with Gasteiger partial charge in [-0.25, -0.2) is 4.39 Å². The third-order valence-electron chi connectivity index (χ3n) is 4.13. The Kier molecular flexibility index (Phi) is 4.25. The van der Waals surface area contributed by atoms with Gasteiger partial charge in [-0.1, -0.05) is 13.0 Å². The molecule has 0 spiro atoms. The van der Waals surface area contributed by atoms with E-state index < -0.39 is 0 Å². The van der Waals surface area contributed by atoms with Crippen LogP contribution in [0.2, 0.25) is 0 Å². The van der Waals surface area contributed by atoms with Crippen molar-refractivity contribution in [3.63, 3.8) is 0 Å². The predicted octanol–water partition coefficient (Wildman–Crippen LogP) is 3.39. The van der Waals surface area contributed by atoms with Crippen molar-refractivity contribution in [2.24, 2.45) is 0 Å². The van der Waals surface area contributed by atoms with Gasteiger partial charge in [-0.15, -0.1) is 0 Å². The average molecular weight is 285 g/mol. The van der Waals surface area contributed by atoms with Crippen LogP contribution in [0.5, 0.6) is 0 Å². The number of nitrogens with one attached hydrogen (secondary N) is 1. The molecule has 0 radical (unpaired) electrons. The number of pyridine rings is 2. The quantitative estimate of drug-likeness (QED) is 0.935. The number of rotatable bonds is 4. The molecule has 0 fully saturated rings. The minimum atomic E-state index is -0.295. The second kappa shape index (κ2) is 6.31. The summed E-state index contributed by atoms with van der Waals surface area (Å²) in [6.45, 7) is 2.93. The van der Waals surface area contributed by atoms with Crippen LogP contribution in [0.4, 0.5) is 4.39 Å². The average Bonchev–Trinajstić information content (AvgIpc) is 2.53. The molecule has 2 aromatic rings. The first kappa shape index (κ1) is 14.1. The lowest BCUT2D eigenvalue weighted by Gasteiger charge is -2.31. The van der Waals surface area contributed by atoms with E-state index in [1.54, 1.807) is 6.07 Å². The van der Waals surface area contributed by atoms with Crippen molar-refractivity contribution in [2.45, 2.75) is 38.1 Å². The fourth-order valence-corrected chi connectivity index (χ4v) is 3.21. The molecule has 2 atom stereocenters. The minimum Gasteiger partial charge on any atom is -0.308 e. The lowest BCUT2D eigenvalue weighted by molar-refractivity contribution is 0.393. The fraction of sp³-hybridized carbons (Fsp3) is 0.412. The van der Waals surface area contributed by atoms with E-state index in [0.717, 1.165) is 31.5 Å². The maximum atomic E-state index is 13.1. The van der Waals surface area contributed by atoms with Crippen LogP contribution in [0.1, 0.15) is 48.7 Å². The molecule has 110 valence electrons. The van der Waals surface area contributed by atoms with Gasteiger partial charge in [0.15, 0.2) is 0 Å². The molecule has 21 heavy (non-hydrogen) atoms. The van der Waals surface area contributed by atoms with E-state index in [1.165, 1.54) is 23.5 Å². The van der Waals surface area contributed by atoms with Crippen molar-refractivity contribution < 1.29 is 4.39 Å². The molecule has 1 aliphatic carbocycles. The van der Waals surface area contributed by atoms with Gasteiger partial charge < -0.3 is 5.32 Å². The molecule has 3 rings (SSSR count). The van der Waals surface area contributed by atoms with Gasteiger partial charge >= 0.3 is 0 Å². The number of likely N-dealkylation sites (N-methyl/N-ethyl adjacent to an activating group) is 1. The zero-order chi connectivity index (χ0) is 14.7. The number of aromatic nitrogens is 2. The Bertz CT molecular complexity index is 597. The van der Waals surface area contributed by atoms with Crippen LogP contribution in [0.25, 0.3) is 0 Å². The number of hydrogen-bond donors (Lipinski definition) is 1.